The van der Waals surface area contributed by atoms with Gasteiger partial charge in [-0.05, 0) is 466 Å². The third-order valence-electron chi connectivity index (χ3n) is 73.5. The predicted molar refractivity (Wildman–Crippen MR) is 248 cm³/mol. The van der Waals surface area contributed by atoms with Gasteiger partial charge in [0.1, 0.15) is 0 Å². The van der Waals surface area contributed by atoms with Crippen molar-refractivity contribution in [2.24, 2.45) is 417 Å². The van der Waals surface area contributed by atoms with E-state index in [0.29, 0.717) is 0 Å². The van der Waals surface area contributed by atoms with Gasteiger partial charge in [0.05, 0.1) is 0 Å². The van der Waals surface area contributed by atoms with Crippen molar-refractivity contribution in [3.63, 3.8) is 0 Å². The summed E-state index contributed by atoms with van der Waals surface area (Å²) in [4.78, 5) is 0. The Bertz CT molecular complexity index is 6230. The highest BCUT2D eigenvalue weighted by atomic mass is 15.8. The Morgan fingerprint density at radius 1 is 0.220 bits per heavy atom. The lowest BCUT2D eigenvalue weighted by Crippen LogP contribution is -3.74. The predicted octanol–water partition coefficient (Wildman–Crippen LogP) is 6.44. The lowest BCUT2D eigenvalue weighted by atomic mass is 8.26. The molecule has 44 spiro atoms. The smallest absolute Gasteiger partial charge is 0.0000800 e. The van der Waals surface area contributed by atoms with E-state index < -0.39 is 0 Å². The van der Waals surface area contributed by atoms with Crippen LogP contribution in [-0.2, 0) is 0 Å². The normalized spacial score (nSPS) is 147. The van der Waals surface area contributed by atoms with E-state index in [0.717, 1.165) is 238 Å². The third-order valence-corrected chi connectivity index (χ3v) is 73.5. The number of hydrogen-bond donors (Lipinski definition) is 0. The fourth-order valence-corrected chi connectivity index (χ4v) is 95.9. The number of hydrogen-bond acceptors (Lipinski definition) is 0. The summed E-state index contributed by atoms with van der Waals surface area (Å²) in [6.45, 7) is 0. The summed E-state index contributed by atoms with van der Waals surface area (Å²) < 4.78 is 0. The van der Waals surface area contributed by atoms with Crippen LogP contribution in [0.3, 0.4) is 0 Å². The molecule has 0 heterocycles. The Hall–Kier alpha value is 0. The van der Waals surface area contributed by atoms with Gasteiger partial charge in [0.2, 0.25) is 0 Å². The fraction of sp³-hybridized carbons (Fsp3) is 1.00. The second-order valence-electron chi connectivity index (χ2n) is 54.3. The minimum absolute atomic E-state index is 0.970. The van der Waals surface area contributed by atoms with E-state index in [4.69, 9.17) is 0 Å². The monoisotopic (exact) mass is 1030 g/mol. The molecule has 61 fully saturated rings. The lowest BCUT2D eigenvalue weighted by Gasteiger charge is -3.75. The Balaban J connectivity index is 0.708. The molecule has 61 aliphatic carbocycles. The average molecular weight is 1030 g/mol. The highest BCUT2D eigenvalue weighted by molar-refractivity contribution is 6.32. The second kappa shape index (κ2) is 3.87. The molecule has 0 aliphatic heterocycles. The van der Waals surface area contributed by atoms with Crippen molar-refractivity contribution in [2.45, 2.75) is 38.5 Å². The van der Waals surface area contributed by atoms with Crippen LogP contribution in [0.25, 0.3) is 0 Å². The quantitative estimate of drug-likeness (QED) is 0.263. The summed E-state index contributed by atoms with van der Waals surface area (Å²) in [6, 6.07) is 0. The van der Waals surface area contributed by atoms with Crippen LogP contribution in [0.1, 0.15) is 38.5 Å². The molecule has 372 valence electrons. The molecule has 0 nitrogen and oxygen atoms in total. The largest absolute Gasteiger partial charge is 0.0467 e. The summed E-state index contributed by atoms with van der Waals surface area (Å²) >= 11 is 0. The van der Waals surface area contributed by atoms with E-state index in [9.17, 15) is 0 Å². The van der Waals surface area contributed by atoms with Crippen molar-refractivity contribution >= 4 is 0 Å². The van der Waals surface area contributed by atoms with Gasteiger partial charge in [-0.1, -0.05) is 0 Å². The molecule has 0 saturated heterocycles. The van der Waals surface area contributed by atoms with E-state index in [-0.39, 0.29) is 0 Å². The maximum Gasteiger partial charge on any atom is -0.0000800 e. The first-order chi connectivity index (χ1) is 40.8. The van der Waals surface area contributed by atoms with Crippen LogP contribution in [0, 0.1) is 428 Å². The summed E-state index contributed by atoms with van der Waals surface area (Å²) in [7, 11) is 0. The summed E-state index contributed by atoms with van der Waals surface area (Å²) in [5.74, 6) is 45.5. The zero-order chi connectivity index (χ0) is 44.7. The fourth-order valence-electron chi connectivity index (χ4n) is 95.9. The lowest BCUT2D eigenvalue weighted by molar-refractivity contribution is -1.29. The maximum atomic E-state index is 2.10. The van der Waals surface area contributed by atoms with Gasteiger partial charge in [-0.15, -0.1) is 0 Å². The Labute approximate surface area is 463 Å². The van der Waals surface area contributed by atoms with Crippen LogP contribution in [0.4, 0.5) is 0 Å². The molecule has 61 saturated carbocycles. The van der Waals surface area contributed by atoms with Crippen LogP contribution in [-0.4, -0.2) is 0 Å². The average Bonchev–Trinajstić information content (AvgIpc) is 0.490. The molecule has 0 heteroatoms. The van der Waals surface area contributed by atoms with Crippen LogP contribution < -0.4 is 0 Å². The molecule has 0 radical (unpaired) electrons. The van der Waals surface area contributed by atoms with Crippen molar-refractivity contribution in [1.82, 2.24) is 0 Å². The third kappa shape index (κ3) is 0.536. The van der Waals surface area contributed by atoms with E-state index in [1.54, 1.807) is 0 Å². The molecule has 0 aromatic rings. The maximum absolute atomic E-state index is 2.10. The van der Waals surface area contributed by atoms with E-state index in [2.05, 4.69) is 6.42 Å². The van der Waals surface area contributed by atoms with Crippen LogP contribution in [0.5, 0.6) is 0 Å². The number of fused-ring (bicyclic) bond motifs is 20. The van der Waals surface area contributed by atoms with Crippen LogP contribution >= 0.6 is 0 Å². The van der Waals surface area contributed by atoms with Gasteiger partial charge in [-0.25, -0.2) is 0 Å². The van der Waals surface area contributed by atoms with Gasteiger partial charge in [-0.2, -0.15) is 0 Å². The highest BCUT2D eigenvalue weighted by Crippen LogP contribution is 3.82. The molecule has 0 aromatic heterocycles. The van der Waals surface area contributed by atoms with Gasteiger partial charge in [0.25, 0.3) is 0 Å². The molecule has 3 bridgehead atoms. The Morgan fingerprint density at radius 3 is 1.41 bits per heavy atom. The first-order valence-electron chi connectivity index (χ1n) is 40.8. The van der Waals surface area contributed by atoms with Crippen LogP contribution in [0.2, 0.25) is 0 Å². The zero-order valence-electron chi connectivity index (χ0n) is 44.7. The number of rotatable bonds is 0. The highest BCUT2D eigenvalue weighted by Gasteiger charge is 3.81. The second-order valence-corrected chi connectivity index (χ2v) is 54.3. The first-order valence-corrected chi connectivity index (χ1v) is 40.8. The van der Waals surface area contributed by atoms with E-state index in [1.165, 1.54) is 189 Å². The van der Waals surface area contributed by atoms with Crippen molar-refractivity contribution in [2.75, 3.05) is 0 Å². The summed E-state index contributed by atoms with van der Waals surface area (Å²) in [5.41, 5.74) is 49.3. The molecule has 0 amide bonds. The van der Waals surface area contributed by atoms with E-state index >= 15 is 0 Å². The van der Waals surface area contributed by atoms with Crippen LogP contribution in [0.15, 0.2) is 0 Å². The molecule has 0 N–H and O–H groups in total. The molecular weight excluding hydrogens is 985 g/mol. The molecule has 61 rings (SSSR count). The molecule has 0 aromatic carbocycles. The van der Waals surface area contributed by atoms with Crippen molar-refractivity contribution in [3.05, 3.63) is 10.8 Å². The minimum atomic E-state index is 0.970. The summed E-state index contributed by atoms with van der Waals surface area (Å²) in [6.07, 6.45) is 11.9. The van der Waals surface area contributed by atoms with Gasteiger partial charge < -0.3 is 0 Å². The topological polar surface area (TPSA) is 0 Å². The Kier molecular flexibility index (Phi) is 1.26. The molecule has 76 atom stereocenters. The van der Waals surface area contributed by atoms with Gasteiger partial charge in [0.15, 0.2) is 0 Å². The van der Waals surface area contributed by atoms with Gasteiger partial charge >= 0.3 is 0 Å². The zero-order valence-corrected chi connectivity index (χ0v) is 44.7. The SMILES string of the molecule is C1C2CC3CC45C1CC1C6C7C8C9C%10CC%11C%12C%13[C@H]%14C%15C%16C%17C%18C%19C%20CC%21C%22C%23C%24C2[C@H]2C3%25[C@H]3C4%26[C@H]4[C@H]%27[C@H]%28C%29(C15)[C@H]1[C@@H]6C75C16C%291C7%29C%30%31C%13([C@@]%12%13C%30%12C9([C@@]%10%11%13)[C@]85[C@]6%127)[C@]%145C%316C78C9%10C%11%12C%13%14C%30%31C%22([C@]%21%20C%19%30[C@]%18%13C%17%11[C@]%169[C@]%1575)[C@]%235C%242C%252C37C%263C49C%274[C@]%281[C@]6%29[C@]48[C@]9%10C3%12[C@]7%14C2%315. The van der Waals surface area contributed by atoms with Crippen molar-refractivity contribution in [3.8, 4) is 0 Å². The van der Waals surface area contributed by atoms with Crippen molar-refractivity contribution < 1.29 is 0 Å². The van der Waals surface area contributed by atoms with Gasteiger partial charge in [-0.3, -0.25) is 0 Å². The molecule has 53 unspecified atom stereocenters. The first kappa shape index (κ1) is 26.7. The van der Waals surface area contributed by atoms with Crippen molar-refractivity contribution in [1.29, 1.82) is 0 Å². The summed E-state index contributed by atoms with van der Waals surface area (Å²) in [5, 5.41) is 0. The Morgan fingerprint density at radius 2 is 0.695 bits per heavy atom. The molecule has 61 aliphatic rings. The molecule has 82 heavy (non-hydrogen) atoms. The standard InChI is InChI=1S/C82H44/c1-7-2-9-6-39-8(1)3-10-16-22-25-18-12-5-13-19-27-28-30-31-29-26-20-14-4-11-17-24-21-15(7)34-40(9)38-46(39)37-32-36-41(33(10)39)35-23(16)44(22)51(25)47(18)42(12,13)49(19)54(27)55(28)57(30)58(31)56(29)53(26)50(20)43(11,14)48(17)52(24)45(21,34)64(40)63(38)66(46)62(37)59(32)61(36)65(41)60(35,44)69(51)67(47,49)72(54)73(55)74(57)75(58)77(56)71(53)68(48,50)70(52,64)80(63,71)82(66,77)79(62,75)76(59,74)78(61,73)81(65,69)72/h7-38H,1-6H2/t7?,8?,9?,10?,11?,12?,13?,14?,15?,16?,17?,18?,19?,20?,21?,22?,23-,24?,25?,26?,27?,28+,29?,30?,31?,32-,33?,34+,35-,36+,37-,38+,39?,40?,41?,42-,43+,44?,45?,46?,47?,48?,49-,50?,51+,52-,53+,54?,55-,56?,57-,58+,59?,60?,61-,62?,63?,64?,65?,66?,67?,68?,69+,70?,71?,72?,73?,74?,75?,76+,77?,78-,79+,80+,81?,82?/m1/s1. The van der Waals surface area contributed by atoms with Gasteiger partial charge in [0, 0.05) is 0 Å². The minimum Gasteiger partial charge on any atom is -0.0467 e. The van der Waals surface area contributed by atoms with E-state index in [1.807, 2.05) is 32.1 Å². The molecular formula is C82H44.